The number of hydrogen-bond acceptors (Lipinski definition) is 2. The van der Waals surface area contributed by atoms with Gasteiger partial charge in [0.2, 0.25) is 11.8 Å². The Labute approximate surface area is 152 Å². The van der Waals surface area contributed by atoms with Crippen LogP contribution in [0.15, 0.2) is 54.6 Å². The van der Waals surface area contributed by atoms with Gasteiger partial charge in [-0.3, -0.25) is 9.59 Å². The lowest BCUT2D eigenvalue weighted by Gasteiger charge is -2.30. The third-order valence-corrected chi connectivity index (χ3v) is 5.30. The van der Waals surface area contributed by atoms with E-state index in [1.54, 1.807) is 12.1 Å². The predicted molar refractivity (Wildman–Crippen MR) is 95.8 cm³/mol. The second-order valence-electron chi connectivity index (χ2n) is 7.01. The summed E-state index contributed by atoms with van der Waals surface area (Å²) in [6.07, 6.45) is 1.06. The molecule has 0 radical (unpaired) electrons. The van der Waals surface area contributed by atoms with Crippen LogP contribution >= 0.6 is 0 Å². The van der Waals surface area contributed by atoms with Gasteiger partial charge in [-0.15, -0.1) is 0 Å². The molecule has 0 bridgehead atoms. The largest absolute Gasteiger partial charge is 0.354 e. The summed E-state index contributed by atoms with van der Waals surface area (Å²) in [6, 6.07) is 15.9. The number of hydrogen-bond donors (Lipinski definition) is 1. The van der Waals surface area contributed by atoms with Crippen molar-refractivity contribution in [3.63, 3.8) is 0 Å². The van der Waals surface area contributed by atoms with E-state index in [0.717, 1.165) is 17.5 Å². The van der Waals surface area contributed by atoms with Gasteiger partial charge in [-0.25, -0.2) is 4.39 Å². The molecule has 1 N–H and O–H groups in total. The Kier molecular flexibility index (Phi) is 4.45. The molecular weight excluding hydrogens is 331 g/mol. The zero-order valence-electron chi connectivity index (χ0n) is 14.4. The fourth-order valence-electron chi connectivity index (χ4n) is 3.83. The molecule has 5 heteroatoms. The van der Waals surface area contributed by atoms with Crippen LogP contribution in [0.2, 0.25) is 0 Å². The Bertz CT molecular complexity index is 807. The predicted octanol–water partition coefficient (Wildman–Crippen LogP) is 3.02. The normalized spacial score (nSPS) is 25.3. The Morgan fingerprint density at radius 1 is 1.04 bits per heavy atom. The Hall–Kier alpha value is -2.69. The van der Waals surface area contributed by atoms with Crippen LogP contribution in [0.5, 0.6) is 0 Å². The molecular formula is C21H21FN2O2. The zero-order valence-corrected chi connectivity index (χ0v) is 14.4. The van der Waals surface area contributed by atoms with Crippen molar-refractivity contribution in [1.29, 1.82) is 0 Å². The lowest BCUT2D eigenvalue weighted by molar-refractivity contribution is -0.135. The standard InChI is InChI=1S/C21H21FN2O2/c22-16-8-6-14(7-9-16)17-12-18(17)21(26)24-11-10-23-20(25)13-19(24)15-4-2-1-3-5-15/h1-9,17-19H,10-13H2,(H,23,25). The highest BCUT2D eigenvalue weighted by atomic mass is 19.1. The molecule has 26 heavy (non-hydrogen) atoms. The lowest BCUT2D eigenvalue weighted by Crippen LogP contribution is -2.37. The molecule has 1 heterocycles. The van der Waals surface area contributed by atoms with Gasteiger partial charge in [-0.2, -0.15) is 0 Å². The van der Waals surface area contributed by atoms with E-state index in [0.29, 0.717) is 13.1 Å². The van der Waals surface area contributed by atoms with Gasteiger partial charge in [-0.1, -0.05) is 42.5 Å². The van der Waals surface area contributed by atoms with Crippen LogP contribution in [-0.4, -0.2) is 29.8 Å². The van der Waals surface area contributed by atoms with E-state index in [9.17, 15) is 14.0 Å². The van der Waals surface area contributed by atoms with Crippen molar-refractivity contribution in [1.82, 2.24) is 10.2 Å². The minimum absolute atomic E-state index is 0.0277. The van der Waals surface area contributed by atoms with Crippen LogP contribution in [0.25, 0.3) is 0 Å². The molecule has 4 nitrogen and oxygen atoms in total. The molecule has 1 saturated heterocycles. The molecule has 2 aliphatic rings. The monoisotopic (exact) mass is 352 g/mol. The smallest absolute Gasteiger partial charge is 0.226 e. The minimum Gasteiger partial charge on any atom is -0.354 e. The van der Waals surface area contributed by atoms with Crippen molar-refractivity contribution in [2.75, 3.05) is 13.1 Å². The summed E-state index contributed by atoms with van der Waals surface area (Å²) in [6.45, 7) is 0.985. The highest BCUT2D eigenvalue weighted by molar-refractivity contribution is 5.85. The molecule has 3 unspecified atom stereocenters. The summed E-state index contributed by atoms with van der Waals surface area (Å²) >= 11 is 0. The average Bonchev–Trinajstić information content (AvgIpc) is 3.47. The maximum absolute atomic E-state index is 13.2. The molecule has 1 saturated carbocycles. The second-order valence-corrected chi connectivity index (χ2v) is 7.01. The molecule has 2 aromatic carbocycles. The quantitative estimate of drug-likeness (QED) is 0.923. The number of amides is 2. The SMILES string of the molecule is O=C1CC(c2ccccc2)N(C(=O)C2CC2c2ccc(F)cc2)CCN1. The number of nitrogens with zero attached hydrogens (tertiary/aromatic N) is 1. The molecule has 0 spiro atoms. The van der Waals surface area contributed by atoms with Crippen LogP contribution in [-0.2, 0) is 9.59 Å². The number of carbonyl (C=O) groups is 2. The van der Waals surface area contributed by atoms with Gasteiger partial charge in [0.05, 0.1) is 12.5 Å². The summed E-state index contributed by atoms with van der Waals surface area (Å²) in [5.74, 6) is -0.144. The first-order chi connectivity index (χ1) is 12.6. The van der Waals surface area contributed by atoms with Crippen molar-refractivity contribution in [2.45, 2.75) is 24.8 Å². The van der Waals surface area contributed by atoms with E-state index in [1.165, 1.54) is 12.1 Å². The molecule has 4 rings (SSSR count). The maximum atomic E-state index is 13.2. The van der Waals surface area contributed by atoms with E-state index in [2.05, 4.69) is 5.32 Å². The van der Waals surface area contributed by atoms with Crippen molar-refractivity contribution >= 4 is 11.8 Å². The van der Waals surface area contributed by atoms with Crippen LogP contribution < -0.4 is 5.32 Å². The fraction of sp³-hybridized carbons (Fsp3) is 0.333. The Morgan fingerprint density at radius 3 is 2.50 bits per heavy atom. The Balaban J connectivity index is 1.55. The molecule has 1 aliphatic carbocycles. The molecule has 2 amide bonds. The molecule has 3 atom stereocenters. The summed E-state index contributed by atoms with van der Waals surface area (Å²) in [5, 5.41) is 2.86. The molecule has 134 valence electrons. The first kappa shape index (κ1) is 16.8. The number of benzene rings is 2. The maximum Gasteiger partial charge on any atom is 0.226 e. The molecule has 2 fully saturated rings. The number of rotatable bonds is 3. The van der Waals surface area contributed by atoms with Crippen molar-refractivity contribution in [3.8, 4) is 0 Å². The van der Waals surface area contributed by atoms with E-state index < -0.39 is 0 Å². The highest BCUT2D eigenvalue weighted by Crippen LogP contribution is 2.49. The van der Waals surface area contributed by atoms with Gasteiger partial charge in [0.1, 0.15) is 5.82 Å². The number of nitrogens with one attached hydrogen (secondary N) is 1. The van der Waals surface area contributed by atoms with Gasteiger partial charge >= 0.3 is 0 Å². The van der Waals surface area contributed by atoms with E-state index in [4.69, 9.17) is 0 Å². The van der Waals surface area contributed by atoms with Gasteiger partial charge in [0, 0.05) is 19.0 Å². The van der Waals surface area contributed by atoms with Gasteiger partial charge in [-0.05, 0) is 35.6 Å². The van der Waals surface area contributed by atoms with E-state index in [1.807, 2.05) is 35.2 Å². The van der Waals surface area contributed by atoms with Crippen LogP contribution in [0.4, 0.5) is 4.39 Å². The Morgan fingerprint density at radius 2 is 1.77 bits per heavy atom. The summed E-state index contributed by atoms with van der Waals surface area (Å²) in [5.41, 5.74) is 1.99. The topological polar surface area (TPSA) is 49.4 Å². The summed E-state index contributed by atoms with van der Waals surface area (Å²) in [4.78, 5) is 27.1. The number of carbonyl (C=O) groups excluding carboxylic acids is 2. The zero-order chi connectivity index (χ0) is 18.1. The first-order valence-corrected chi connectivity index (χ1v) is 9.01. The highest BCUT2D eigenvalue weighted by Gasteiger charge is 2.47. The fourth-order valence-corrected chi connectivity index (χ4v) is 3.83. The van der Waals surface area contributed by atoms with Crippen LogP contribution in [0.3, 0.4) is 0 Å². The van der Waals surface area contributed by atoms with Crippen molar-refractivity contribution in [3.05, 3.63) is 71.5 Å². The lowest BCUT2D eigenvalue weighted by atomic mass is 10.0. The summed E-state index contributed by atoms with van der Waals surface area (Å²) < 4.78 is 13.1. The van der Waals surface area contributed by atoms with Crippen molar-refractivity contribution in [2.24, 2.45) is 5.92 Å². The first-order valence-electron chi connectivity index (χ1n) is 9.01. The van der Waals surface area contributed by atoms with E-state index >= 15 is 0 Å². The van der Waals surface area contributed by atoms with Crippen LogP contribution in [0.1, 0.15) is 35.9 Å². The van der Waals surface area contributed by atoms with Crippen molar-refractivity contribution < 1.29 is 14.0 Å². The second kappa shape index (κ2) is 6.90. The molecule has 2 aromatic rings. The average molecular weight is 352 g/mol. The van der Waals surface area contributed by atoms with Crippen LogP contribution in [0, 0.1) is 11.7 Å². The molecule has 0 aromatic heterocycles. The summed E-state index contributed by atoms with van der Waals surface area (Å²) in [7, 11) is 0. The van der Waals surface area contributed by atoms with Gasteiger partial charge in [0.15, 0.2) is 0 Å². The molecule has 1 aliphatic heterocycles. The van der Waals surface area contributed by atoms with E-state index in [-0.39, 0.29) is 41.9 Å². The minimum atomic E-state index is -0.265. The number of halogens is 1. The van der Waals surface area contributed by atoms with Gasteiger partial charge in [0.25, 0.3) is 0 Å². The third-order valence-electron chi connectivity index (χ3n) is 5.30. The third kappa shape index (κ3) is 3.34. The van der Waals surface area contributed by atoms with Gasteiger partial charge < -0.3 is 10.2 Å².